The summed E-state index contributed by atoms with van der Waals surface area (Å²) in [6.45, 7) is 21.1. The highest BCUT2D eigenvalue weighted by Crippen LogP contribution is 2.64. The van der Waals surface area contributed by atoms with Crippen LogP contribution in [0.15, 0.2) is 25.3 Å². The average molecular weight is 561 g/mol. The topological polar surface area (TPSA) is 96.4 Å². The summed E-state index contributed by atoms with van der Waals surface area (Å²) in [4.78, 5) is 46.1. The zero-order chi connectivity index (χ0) is 29.9. The Labute approximate surface area is 241 Å². The zero-order valence-corrected chi connectivity index (χ0v) is 25.7. The number of aliphatic hydroxyl groups is 1. The molecule has 0 aromatic heterocycles. The molecule has 5 atom stereocenters. The molecule has 0 aliphatic carbocycles. The van der Waals surface area contributed by atoms with Gasteiger partial charge in [-0.15, -0.1) is 13.2 Å². The molecule has 0 aromatic carbocycles. The second-order valence-corrected chi connectivity index (χ2v) is 13.7. The highest BCUT2D eigenvalue weighted by Gasteiger charge is 2.79. The molecule has 3 saturated heterocycles. The number of hydrogen-bond acceptors (Lipinski definition) is 6. The molecule has 8 heteroatoms. The van der Waals surface area contributed by atoms with Crippen LogP contribution in [0.4, 0.5) is 0 Å². The molecule has 3 fully saturated rings. The monoisotopic (exact) mass is 560 g/mol. The number of rotatable bonds is 15. The van der Waals surface area contributed by atoms with Crippen LogP contribution in [-0.2, 0) is 23.9 Å². The van der Waals surface area contributed by atoms with E-state index >= 15 is 0 Å². The van der Waals surface area contributed by atoms with Crippen molar-refractivity contribution in [3.8, 4) is 0 Å². The van der Waals surface area contributed by atoms with Gasteiger partial charge in [0.15, 0.2) is 0 Å². The van der Waals surface area contributed by atoms with E-state index in [2.05, 4.69) is 47.8 Å². The number of carbonyl (C=O) groups excluding carboxylic acids is 3. The van der Waals surface area contributed by atoms with Crippen molar-refractivity contribution in [3.05, 3.63) is 25.3 Å². The van der Waals surface area contributed by atoms with E-state index in [1.54, 1.807) is 17.1 Å². The van der Waals surface area contributed by atoms with Crippen molar-refractivity contribution in [1.29, 1.82) is 0 Å². The van der Waals surface area contributed by atoms with E-state index in [9.17, 15) is 19.5 Å². The average Bonchev–Trinajstić information content (AvgIpc) is 3.47. The first-order chi connectivity index (χ1) is 18.7. The first-order valence-corrected chi connectivity index (χ1v) is 15.1. The second-order valence-electron chi connectivity index (χ2n) is 13.7. The molecule has 2 bridgehead atoms. The third-order valence-electron chi connectivity index (χ3n) is 9.04. The highest BCUT2D eigenvalue weighted by atomic mass is 16.6. The van der Waals surface area contributed by atoms with Gasteiger partial charge in [-0.05, 0) is 70.6 Å². The maximum atomic E-state index is 14.7. The predicted octanol–water partition coefficient (Wildman–Crippen LogP) is 4.65. The van der Waals surface area contributed by atoms with E-state index in [4.69, 9.17) is 9.47 Å². The number of esters is 1. The minimum absolute atomic E-state index is 0.00548. The summed E-state index contributed by atoms with van der Waals surface area (Å²) in [5, 5.41) is 9.44. The summed E-state index contributed by atoms with van der Waals surface area (Å²) >= 11 is 0. The molecule has 3 rings (SSSR count). The second kappa shape index (κ2) is 12.4. The molecule has 2 amide bonds. The molecule has 1 N–H and O–H groups in total. The van der Waals surface area contributed by atoms with Crippen molar-refractivity contribution in [2.75, 3.05) is 26.3 Å². The molecule has 3 aliphatic rings. The molecule has 2 unspecified atom stereocenters. The van der Waals surface area contributed by atoms with E-state index in [-0.39, 0.29) is 30.4 Å². The predicted molar refractivity (Wildman–Crippen MR) is 155 cm³/mol. The summed E-state index contributed by atoms with van der Waals surface area (Å²) in [5.74, 6) is -2.32. The lowest BCUT2D eigenvalue weighted by atomic mass is 9.65. The van der Waals surface area contributed by atoms with Crippen molar-refractivity contribution >= 4 is 17.8 Å². The molecule has 0 saturated carbocycles. The molecule has 40 heavy (non-hydrogen) atoms. The Kier molecular flexibility index (Phi) is 9.99. The van der Waals surface area contributed by atoms with Crippen LogP contribution in [0.25, 0.3) is 0 Å². The van der Waals surface area contributed by atoms with Crippen molar-refractivity contribution in [2.24, 2.45) is 17.3 Å². The molecule has 8 nitrogen and oxygen atoms in total. The van der Waals surface area contributed by atoms with E-state index in [1.807, 2.05) is 11.8 Å². The normalized spacial score (nSPS) is 29.4. The smallest absolute Gasteiger partial charge is 0.312 e. The van der Waals surface area contributed by atoms with E-state index in [0.717, 1.165) is 12.8 Å². The van der Waals surface area contributed by atoms with E-state index in [1.165, 1.54) is 0 Å². The maximum Gasteiger partial charge on any atom is 0.312 e. The van der Waals surface area contributed by atoms with Crippen molar-refractivity contribution in [1.82, 2.24) is 9.80 Å². The molecular formula is C32H52N2O6. The van der Waals surface area contributed by atoms with Crippen LogP contribution in [0.3, 0.4) is 0 Å². The number of carbonyl (C=O) groups is 3. The minimum atomic E-state index is -1.09. The summed E-state index contributed by atoms with van der Waals surface area (Å²) in [6.07, 6.45) is 8.43. The van der Waals surface area contributed by atoms with E-state index < -0.39 is 40.6 Å². The van der Waals surface area contributed by atoms with Crippen LogP contribution in [0.2, 0.25) is 0 Å². The summed E-state index contributed by atoms with van der Waals surface area (Å²) in [7, 11) is 0. The minimum Gasteiger partial charge on any atom is -0.465 e. The highest BCUT2D eigenvalue weighted by molar-refractivity contribution is 5.98. The van der Waals surface area contributed by atoms with E-state index in [0.29, 0.717) is 51.6 Å². The van der Waals surface area contributed by atoms with Crippen molar-refractivity contribution in [2.45, 2.75) is 116 Å². The van der Waals surface area contributed by atoms with Crippen LogP contribution in [0.1, 0.15) is 92.9 Å². The maximum absolute atomic E-state index is 14.7. The van der Waals surface area contributed by atoms with Gasteiger partial charge >= 0.3 is 5.97 Å². The Morgan fingerprint density at radius 2 is 1.85 bits per heavy atom. The fraction of sp³-hybridized carbons (Fsp3) is 0.781. The molecular weight excluding hydrogens is 508 g/mol. The first-order valence-electron chi connectivity index (χ1n) is 15.1. The van der Waals surface area contributed by atoms with Crippen molar-refractivity contribution < 1.29 is 29.0 Å². The van der Waals surface area contributed by atoms with Gasteiger partial charge in [-0.1, -0.05) is 39.8 Å². The summed E-state index contributed by atoms with van der Waals surface area (Å²) in [5.41, 5.74) is -2.47. The van der Waals surface area contributed by atoms with Gasteiger partial charge < -0.3 is 24.4 Å². The fourth-order valence-electron chi connectivity index (χ4n) is 7.79. The van der Waals surface area contributed by atoms with Gasteiger partial charge in [-0.25, -0.2) is 0 Å². The Bertz CT molecular complexity index is 971. The fourth-order valence-corrected chi connectivity index (χ4v) is 7.79. The molecule has 3 heterocycles. The Balaban J connectivity index is 2.06. The van der Waals surface area contributed by atoms with Crippen LogP contribution in [0, 0.1) is 17.3 Å². The van der Waals surface area contributed by atoms with Gasteiger partial charge in [-0.2, -0.15) is 0 Å². The number of unbranched alkanes of at least 4 members (excludes halogenated alkanes) is 2. The number of nitrogens with zero attached hydrogens (tertiary/aromatic N) is 2. The first kappa shape index (κ1) is 32.3. The molecule has 226 valence electrons. The van der Waals surface area contributed by atoms with Gasteiger partial charge in [0.05, 0.1) is 18.1 Å². The van der Waals surface area contributed by atoms with Crippen LogP contribution >= 0.6 is 0 Å². The lowest BCUT2D eigenvalue weighted by Crippen LogP contribution is -2.61. The zero-order valence-electron chi connectivity index (χ0n) is 25.7. The lowest BCUT2D eigenvalue weighted by Gasteiger charge is -2.45. The van der Waals surface area contributed by atoms with Gasteiger partial charge in [0.25, 0.3) is 0 Å². The number of hydrogen-bond donors (Lipinski definition) is 1. The molecule has 1 spiro atoms. The van der Waals surface area contributed by atoms with Crippen LogP contribution in [-0.4, -0.2) is 81.8 Å². The van der Waals surface area contributed by atoms with Crippen LogP contribution < -0.4 is 0 Å². The number of likely N-dealkylation sites (tertiary alicyclic amines) is 1. The summed E-state index contributed by atoms with van der Waals surface area (Å²) < 4.78 is 12.6. The molecule has 0 aromatic rings. The Morgan fingerprint density at radius 1 is 1.15 bits per heavy atom. The van der Waals surface area contributed by atoms with Crippen LogP contribution in [0.5, 0.6) is 0 Å². The van der Waals surface area contributed by atoms with Crippen molar-refractivity contribution in [3.63, 3.8) is 0 Å². The quantitative estimate of drug-likeness (QED) is 0.178. The lowest BCUT2D eigenvalue weighted by molar-refractivity contribution is -0.163. The SMILES string of the molecule is C=CCCCOC(=O)[C@@H]1[C@H]2C(=O)N(CCCCO)C(C(=O)N(CC=C)C(C)(C)CC(C)(C)C)C23CC[C@@]1(CC)O3. The summed E-state index contributed by atoms with van der Waals surface area (Å²) in [6, 6.07) is -0.852. The van der Waals surface area contributed by atoms with Gasteiger partial charge in [-0.3, -0.25) is 14.4 Å². The van der Waals surface area contributed by atoms with Gasteiger partial charge in [0.2, 0.25) is 11.8 Å². The van der Waals surface area contributed by atoms with Gasteiger partial charge in [0.1, 0.15) is 17.6 Å². The number of allylic oxidation sites excluding steroid dienone is 1. The Morgan fingerprint density at radius 3 is 2.42 bits per heavy atom. The number of amides is 2. The number of fused-ring (bicyclic) bond motifs is 1. The molecule has 3 aliphatic heterocycles. The third kappa shape index (κ3) is 5.89. The largest absolute Gasteiger partial charge is 0.465 e. The Hall–Kier alpha value is -2.19. The third-order valence-corrected chi connectivity index (χ3v) is 9.04. The number of aliphatic hydroxyl groups excluding tert-OH is 1. The number of ether oxygens (including phenoxy) is 2. The van der Waals surface area contributed by atoms with Gasteiger partial charge in [0, 0.05) is 25.2 Å². The molecule has 0 radical (unpaired) electrons. The standard InChI is InChI=1S/C32H52N2O6/c1-9-12-15-21-39-28(38)24-23-26(36)33(19-13-14-20-35)25(32(23)17-16-31(24,11-3)40-32)27(37)34(18-10-2)30(7,8)22-29(4,5)6/h9-10,23-25,35H,1-2,11-22H2,3-8H3/t23-,24-,25?,31+,32?/m0/s1.